The number of hydrogen-bond acceptors (Lipinski definition) is 2. The molecule has 0 aromatic rings. The quantitative estimate of drug-likeness (QED) is 0.283. The number of unbranched alkanes of at least 4 members (excludes halogenated alkanes) is 9. The first-order valence-corrected chi connectivity index (χ1v) is 9.50. The summed E-state index contributed by atoms with van der Waals surface area (Å²) in [5, 5.41) is 0. The molecule has 128 valence electrons. The Balaban J connectivity index is 1.81. The lowest BCUT2D eigenvalue weighted by Gasteiger charge is -2.07. The number of aliphatic imine (C=N–C) groups is 1. The van der Waals surface area contributed by atoms with Crippen LogP contribution in [0.25, 0.3) is 0 Å². The van der Waals surface area contributed by atoms with Crippen LogP contribution >= 0.6 is 0 Å². The van der Waals surface area contributed by atoms with Crippen LogP contribution in [0.1, 0.15) is 97.8 Å². The van der Waals surface area contributed by atoms with E-state index in [1.807, 2.05) is 0 Å². The maximum absolute atomic E-state index is 5.62. The minimum Gasteiger partial charge on any atom is -0.478 e. The molecule has 0 aromatic heterocycles. The number of ether oxygens (including phenoxy) is 1. The van der Waals surface area contributed by atoms with Gasteiger partial charge in [0.15, 0.2) is 5.90 Å². The number of allylic oxidation sites excluding steroid dienone is 2. The molecule has 1 aliphatic rings. The number of rotatable bonds is 13. The minimum atomic E-state index is 0.0142. The third-order valence-corrected chi connectivity index (χ3v) is 4.17. The van der Waals surface area contributed by atoms with Crippen molar-refractivity contribution in [3.63, 3.8) is 0 Å². The Morgan fingerprint density at radius 3 is 2.09 bits per heavy atom. The third-order valence-electron chi connectivity index (χ3n) is 4.17. The van der Waals surface area contributed by atoms with E-state index in [0.717, 1.165) is 18.9 Å². The Hall–Kier alpha value is -0.790. The first-order valence-electron chi connectivity index (χ1n) is 9.50. The highest BCUT2D eigenvalue weighted by Crippen LogP contribution is 2.19. The fourth-order valence-corrected chi connectivity index (χ4v) is 2.77. The molecule has 0 fully saturated rings. The molecular weight excluding hydrogens is 270 g/mol. The lowest BCUT2D eigenvalue weighted by molar-refractivity contribution is 0.273. The van der Waals surface area contributed by atoms with Gasteiger partial charge in [0, 0.05) is 6.42 Å². The van der Waals surface area contributed by atoms with Crippen molar-refractivity contribution in [2.24, 2.45) is 4.99 Å². The van der Waals surface area contributed by atoms with Crippen molar-refractivity contribution in [1.29, 1.82) is 0 Å². The predicted octanol–water partition coefficient (Wildman–Crippen LogP) is 6.45. The SMILES string of the molecule is CCCC/C=C/CCCCCCCCCC1=NC(C)(C)CO1. The minimum absolute atomic E-state index is 0.0142. The second kappa shape index (κ2) is 11.7. The van der Waals surface area contributed by atoms with Gasteiger partial charge in [0.2, 0.25) is 0 Å². The van der Waals surface area contributed by atoms with Crippen molar-refractivity contribution in [3.8, 4) is 0 Å². The van der Waals surface area contributed by atoms with E-state index in [0.29, 0.717) is 0 Å². The molecule has 0 spiro atoms. The fraction of sp³-hybridized carbons (Fsp3) is 0.850. The molecule has 0 unspecified atom stereocenters. The lowest BCUT2D eigenvalue weighted by atomic mass is 10.1. The monoisotopic (exact) mass is 307 g/mol. The molecule has 1 rings (SSSR count). The molecular formula is C20H37NO. The van der Waals surface area contributed by atoms with E-state index in [-0.39, 0.29) is 5.54 Å². The molecule has 0 aliphatic carbocycles. The molecule has 1 heterocycles. The molecule has 0 atom stereocenters. The summed E-state index contributed by atoms with van der Waals surface area (Å²) in [6.45, 7) is 7.29. The van der Waals surface area contributed by atoms with Crippen LogP contribution in [-0.4, -0.2) is 18.0 Å². The zero-order valence-corrected chi connectivity index (χ0v) is 15.2. The highest BCUT2D eigenvalue weighted by atomic mass is 16.5. The Labute approximate surface area is 138 Å². The van der Waals surface area contributed by atoms with Crippen LogP contribution in [-0.2, 0) is 4.74 Å². The normalized spacial score (nSPS) is 17.0. The van der Waals surface area contributed by atoms with Gasteiger partial charge in [-0.05, 0) is 39.5 Å². The van der Waals surface area contributed by atoms with Gasteiger partial charge in [-0.15, -0.1) is 0 Å². The van der Waals surface area contributed by atoms with Crippen LogP contribution in [0.2, 0.25) is 0 Å². The molecule has 22 heavy (non-hydrogen) atoms. The molecule has 0 N–H and O–H groups in total. The van der Waals surface area contributed by atoms with Gasteiger partial charge in [-0.1, -0.05) is 64.0 Å². The first kappa shape index (κ1) is 19.3. The molecule has 0 aromatic carbocycles. The van der Waals surface area contributed by atoms with Crippen LogP contribution in [0, 0.1) is 0 Å². The second-order valence-electron chi connectivity index (χ2n) is 7.23. The molecule has 2 heteroatoms. The van der Waals surface area contributed by atoms with Gasteiger partial charge in [-0.25, -0.2) is 4.99 Å². The summed E-state index contributed by atoms with van der Waals surface area (Å²) >= 11 is 0. The van der Waals surface area contributed by atoms with Crippen LogP contribution in [0.15, 0.2) is 17.1 Å². The summed E-state index contributed by atoms with van der Waals surface area (Å²) < 4.78 is 5.62. The molecule has 2 nitrogen and oxygen atoms in total. The van der Waals surface area contributed by atoms with Gasteiger partial charge < -0.3 is 4.74 Å². The highest BCUT2D eigenvalue weighted by Gasteiger charge is 2.25. The number of hydrogen-bond donors (Lipinski definition) is 0. The average Bonchev–Trinajstić information content (AvgIpc) is 2.83. The predicted molar refractivity (Wildman–Crippen MR) is 97.7 cm³/mol. The smallest absolute Gasteiger partial charge is 0.183 e. The van der Waals surface area contributed by atoms with Crippen molar-refractivity contribution in [2.45, 2.75) is 103 Å². The topological polar surface area (TPSA) is 21.6 Å². The summed E-state index contributed by atoms with van der Waals surface area (Å²) in [5.41, 5.74) is 0.0142. The van der Waals surface area contributed by atoms with Crippen molar-refractivity contribution in [2.75, 3.05) is 6.61 Å². The zero-order valence-electron chi connectivity index (χ0n) is 15.2. The number of nitrogens with zero attached hydrogens (tertiary/aromatic N) is 1. The van der Waals surface area contributed by atoms with Gasteiger partial charge in [0.1, 0.15) is 6.61 Å². The van der Waals surface area contributed by atoms with E-state index in [1.165, 1.54) is 70.6 Å². The Bertz CT molecular complexity index is 331. The van der Waals surface area contributed by atoms with Gasteiger partial charge in [0.25, 0.3) is 0 Å². The Kier molecular flexibility index (Phi) is 10.3. The summed E-state index contributed by atoms with van der Waals surface area (Å²) in [5.74, 6) is 0.986. The third kappa shape index (κ3) is 10.0. The second-order valence-corrected chi connectivity index (χ2v) is 7.23. The van der Waals surface area contributed by atoms with Crippen molar-refractivity contribution >= 4 is 5.90 Å². The van der Waals surface area contributed by atoms with E-state index in [4.69, 9.17) is 4.74 Å². The summed E-state index contributed by atoms with van der Waals surface area (Å²) in [4.78, 5) is 4.60. The maximum atomic E-state index is 5.62. The molecule has 0 radical (unpaired) electrons. The molecule has 0 saturated heterocycles. The van der Waals surface area contributed by atoms with Crippen LogP contribution in [0.5, 0.6) is 0 Å². The maximum Gasteiger partial charge on any atom is 0.183 e. The highest BCUT2D eigenvalue weighted by molar-refractivity contribution is 5.78. The largest absolute Gasteiger partial charge is 0.478 e. The van der Waals surface area contributed by atoms with Crippen LogP contribution in [0.4, 0.5) is 0 Å². The molecule has 0 amide bonds. The van der Waals surface area contributed by atoms with E-state index in [2.05, 4.69) is 37.9 Å². The van der Waals surface area contributed by atoms with E-state index in [9.17, 15) is 0 Å². The van der Waals surface area contributed by atoms with Crippen molar-refractivity contribution in [3.05, 3.63) is 12.2 Å². The van der Waals surface area contributed by atoms with Crippen molar-refractivity contribution < 1.29 is 4.74 Å². The molecule has 0 saturated carbocycles. The van der Waals surface area contributed by atoms with Gasteiger partial charge in [-0.3, -0.25) is 0 Å². The van der Waals surface area contributed by atoms with Gasteiger partial charge in [0.05, 0.1) is 5.54 Å². The standard InChI is InChI=1S/C20H37NO/c1-4-5-6-7-8-9-10-11-12-13-14-15-16-17-19-21-20(2,3)18-22-19/h7-8H,4-6,9-18H2,1-3H3/b8-7+. The van der Waals surface area contributed by atoms with E-state index in [1.54, 1.807) is 0 Å². The van der Waals surface area contributed by atoms with Gasteiger partial charge in [-0.2, -0.15) is 0 Å². The molecule has 0 bridgehead atoms. The lowest BCUT2D eigenvalue weighted by Crippen LogP contribution is -2.17. The summed E-state index contributed by atoms with van der Waals surface area (Å²) in [7, 11) is 0. The van der Waals surface area contributed by atoms with E-state index >= 15 is 0 Å². The molecule has 1 aliphatic heterocycles. The zero-order chi connectivity index (χ0) is 16.1. The Morgan fingerprint density at radius 2 is 1.50 bits per heavy atom. The average molecular weight is 308 g/mol. The van der Waals surface area contributed by atoms with Gasteiger partial charge >= 0.3 is 0 Å². The van der Waals surface area contributed by atoms with E-state index < -0.39 is 0 Å². The summed E-state index contributed by atoms with van der Waals surface area (Å²) in [6.07, 6.45) is 20.4. The first-order chi connectivity index (χ1) is 10.6. The van der Waals surface area contributed by atoms with Crippen LogP contribution < -0.4 is 0 Å². The Morgan fingerprint density at radius 1 is 0.909 bits per heavy atom. The fourth-order valence-electron chi connectivity index (χ4n) is 2.77. The van der Waals surface area contributed by atoms with Crippen molar-refractivity contribution in [1.82, 2.24) is 0 Å². The van der Waals surface area contributed by atoms with Crippen LogP contribution in [0.3, 0.4) is 0 Å². The summed E-state index contributed by atoms with van der Waals surface area (Å²) in [6, 6.07) is 0.